The Hall–Kier alpha value is -0.370. The average Bonchev–Trinajstić information content (AvgIpc) is 2.33. The summed E-state index contributed by atoms with van der Waals surface area (Å²) in [7, 11) is 0. The van der Waals surface area contributed by atoms with Gasteiger partial charge in [0.05, 0.1) is 6.54 Å². The number of carbonyl (C=O) groups is 1. The lowest BCUT2D eigenvalue weighted by atomic mass is 10.1. The molecule has 0 aromatic carbocycles. The van der Waals surface area contributed by atoms with Crippen LogP contribution in [0.1, 0.15) is 78.1 Å². The quantitative estimate of drug-likeness (QED) is 0.492. The summed E-state index contributed by atoms with van der Waals surface area (Å²) in [4.78, 5) is 11.4. The Labute approximate surface area is 108 Å². The van der Waals surface area contributed by atoms with Crippen molar-refractivity contribution >= 4 is 5.78 Å². The summed E-state index contributed by atoms with van der Waals surface area (Å²) in [6.07, 6.45) is 12.3. The van der Waals surface area contributed by atoms with Crippen molar-refractivity contribution in [3.63, 3.8) is 0 Å². The topological polar surface area (TPSA) is 29.1 Å². The molecule has 17 heavy (non-hydrogen) atoms. The van der Waals surface area contributed by atoms with Crippen molar-refractivity contribution in [2.75, 3.05) is 13.1 Å². The fourth-order valence-corrected chi connectivity index (χ4v) is 1.95. The second-order valence-electron chi connectivity index (χ2n) is 4.94. The summed E-state index contributed by atoms with van der Waals surface area (Å²) in [5, 5.41) is 3.16. The van der Waals surface area contributed by atoms with Gasteiger partial charge >= 0.3 is 0 Å². The molecule has 0 aliphatic rings. The van der Waals surface area contributed by atoms with Gasteiger partial charge in [-0.15, -0.1) is 0 Å². The molecule has 102 valence electrons. The fourth-order valence-electron chi connectivity index (χ4n) is 1.95. The standard InChI is InChI=1S/C15H31NO/c1-3-5-6-7-8-9-10-11-12-15(17)14-16-13-4-2/h16H,3-14H2,1-2H3. The molecular formula is C15H31NO. The van der Waals surface area contributed by atoms with Gasteiger partial charge in [-0.1, -0.05) is 58.8 Å². The molecule has 0 aromatic heterocycles. The molecule has 0 heterocycles. The van der Waals surface area contributed by atoms with E-state index in [-0.39, 0.29) is 0 Å². The summed E-state index contributed by atoms with van der Waals surface area (Å²) in [6.45, 7) is 5.90. The first-order valence-electron chi connectivity index (χ1n) is 7.53. The molecule has 0 aliphatic carbocycles. The van der Waals surface area contributed by atoms with Crippen molar-refractivity contribution < 1.29 is 4.79 Å². The highest BCUT2D eigenvalue weighted by Crippen LogP contribution is 2.09. The molecule has 0 spiro atoms. The van der Waals surface area contributed by atoms with Crippen molar-refractivity contribution in [3.8, 4) is 0 Å². The van der Waals surface area contributed by atoms with Crippen molar-refractivity contribution in [1.82, 2.24) is 5.32 Å². The predicted octanol–water partition coefficient (Wildman–Crippen LogP) is 4.09. The zero-order chi connectivity index (χ0) is 12.8. The molecule has 0 unspecified atom stereocenters. The third-order valence-corrected chi connectivity index (χ3v) is 3.06. The molecule has 0 atom stereocenters. The van der Waals surface area contributed by atoms with Crippen LogP contribution < -0.4 is 5.32 Å². The van der Waals surface area contributed by atoms with Crippen LogP contribution in [0.4, 0.5) is 0 Å². The fraction of sp³-hybridized carbons (Fsp3) is 0.933. The highest BCUT2D eigenvalue weighted by Gasteiger charge is 2.00. The first-order chi connectivity index (χ1) is 8.31. The Balaban J connectivity index is 3.08. The Kier molecular flexibility index (Phi) is 13.4. The molecule has 0 rings (SSSR count). The van der Waals surface area contributed by atoms with Gasteiger partial charge in [0.15, 0.2) is 0 Å². The lowest BCUT2D eigenvalue weighted by molar-refractivity contribution is -0.118. The minimum Gasteiger partial charge on any atom is -0.310 e. The van der Waals surface area contributed by atoms with E-state index in [9.17, 15) is 4.79 Å². The van der Waals surface area contributed by atoms with Crippen LogP contribution in [0, 0.1) is 0 Å². The SMILES string of the molecule is CCCCCCCCCCC(=O)CNCCC. The van der Waals surface area contributed by atoms with Gasteiger partial charge < -0.3 is 5.32 Å². The highest BCUT2D eigenvalue weighted by atomic mass is 16.1. The van der Waals surface area contributed by atoms with Gasteiger partial charge in [0.2, 0.25) is 0 Å². The number of carbonyl (C=O) groups excluding carboxylic acids is 1. The zero-order valence-electron chi connectivity index (χ0n) is 11.9. The summed E-state index contributed by atoms with van der Waals surface area (Å²) in [5.41, 5.74) is 0. The van der Waals surface area contributed by atoms with Gasteiger partial charge in [-0.05, 0) is 19.4 Å². The van der Waals surface area contributed by atoms with Gasteiger partial charge in [0, 0.05) is 6.42 Å². The van der Waals surface area contributed by atoms with Crippen LogP contribution in [-0.4, -0.2) is 18.9 Å². The maximum Gasteiger partial charge on any atom is 0.146 e. The van der Waals surface area contributed by atoms with E-state index >= 15 is 0 Å². The van der Waals surface area contributed by atoms with E-state index in [0.717, 1.165) is 25.8 Å². The first-order valence-corrected chi connectivity index (χ1v) is 7.53. The second kappa shape index (κ2) is 13.7. The second-order valence-corrected chi connectivity index (χ2v) is 4.94. The molecule has 0 aliphatic heterocycles. The molecule has 2 heteroatoms. The van der Waals surface area contributed by atoms with Crippen LogP contribution >= 0.6 is 0 Å². The van der Waals surface area contributed by atoms with Gasteiger partial charge in [0.1, 0.15) is 5.78 Å². The molecule has 0 fully saturated rings. The largest absolute Gasteiger partial charge is 0.310 e. The molecule has 0 amide bonds. The predicted molar refractivity (Wildman–Crippen MR) is 75.4 cm³/mol. The van der Waals surface area contributed by atoms with Crippen LogP contribution in [0.15, 0.2) is 0 Å². The number of nitrogens with one attached hydrogen (secondary N) is 1. The van der Waals surface area contributed by atoms with E-state index in [2.05, 4.69) is 19.2 Å². The smallest absolute Gasteiger partial charge is 0.146 e. The molecule has 0 aromatic rings. The van der Waals surface area contributed by atoms with Gasteiger partial charge in [-0.25, -0.2) is 0 Å². The third kappa shape index (κ3) is 13.6. The molecular weight excluding hydrogens is 210 g/mol. The van der Waals surface area contributed by atoms with Crippen LogP contribution in [0.5, 0.6) is 0 Å². The Morgan fingerprint density at radius 3 is 2.00 bits per heavy atom. The summed E-state index contributed by atoms with van der Waals surface area (Å²) < 4.78 is 0. The van der Waals surface area contributed by atoms with Crippen molar-refractivity contribution in [1.29, 1.82) is 0 Å². The summed E-state index contributed by atoms with van der Waals surface area (Å²) in [6, 6.07) is 0. The minimum absolute atomic E-state index is 0.379. The minimum atomic E-state index is 0.379. The Morgan fingerprint density at radius 2 is 1.41 bits per heavy atom. The van der Waals surface area contributed by atoms with E-state index in [1.54, 1.807) is 0 Å². The summed E-state index contributed by atoms with van der Waals surface area (Å²) >= 11 is 0. The molecule has 1 N–H and O–H groups in total. The van der Waals surface area contributed by atoms with E-state index in [1.807, 2.05) is 0 Å². The number of ketones is 1. The number of unbranched alkanes of at least 4 members (excludes halogenated alkanes) is 7. The van der Waals surface area contributed by atoms with E-state index in [0.29, 0.717) is 12.3 Å². The average molecular weight is 241 g/mol. The van der Waals surface area contributed by atoms with Crippen LogP contribution in [0.25, 0.3) is 0 Å². The molecule has 0 saturated carbocycles. The van der Waals surface area contributed by atoms with E-state index in [1.165, 1.54) is 44.9 Å². The third-order valence-electron chi connectivity index (χ3n) is 3.06. The van der Waals surface area contributed by atoms with Crippen LogP contribution in [0.2, 0.25) is 0 Å². The van der Waals surface area contributed by atoms with Crippen LogP contribution in [-0.2, 0) is 4.79 Å². The molecule has 0 saturated heterocycles. The monoisotopic (exact) mass is 241 g/mol. The van der Waals surface area contributed by atoms with E-state index in [4.69, 9.17) is 0 Å². The van der Waals surface area contributed by atoms with Gasteiger partial charge in [0.25, 0.3) is 0 Å². The van der Waals surface area contributed by atoms with Gasteiger partial charge in [-0.2, -0.15) is 0 Å². The summed E-state index contributed by atoms with van der Waals surface area (Å²) in [5.74, 6) is 0.379. The van der Waals surface area contributed by atoms with Crippen molar-refractivity contribution in [2.45, 2.75) is 78.1 Å². The van der Waals surface area contributed by atoms with Crippen LogP contribution in [0.3, 0.4) is 0 Å². The number of Topliss-reactive ketones (excluding diaryl/α,β-unsaturated/α-hetero) is 1. The maximum atomic E-state index is 11.4. The number of rotatable bonds is 13. The molecule has 0 bridgehead atoms. The first kappa shape index (κ1) is 16.6. The maximum absolute atomic E-state index is 11.4. The van der Waals surface area contributed by atoms with E-state index < -0.39 is 0 Å². The van der Waals surface area contributed by atoms with Gasteiger partial charge in [-0.3, -0.25) is 4.79 Å². The normalized spacial score (nSPS) is 10.7. The Bertz CT molecular complexity index is 168. The molecule has 0 radical (unpaired) electrons. The zero-order valence-corrected chi connectivity index (χ0v) is 11.9. The molecule has 2 nitrogen and oxygen atoms in total. The lowest BCUT2D eigenvalue weighted by Crippen LogP contribution is -2.23. The number of hydrogen-bond donors (Lipinski definition) is 1. The lowest BCUT2D eigenvalue weighted by Gasteiger charge is -2.03. The Morgan fingerprint density at radius 1 is 0.824 bits per heavy atom. The number of hydrogen-bond acceptors (Lipinski definition) is 2. The van der Waals surface area contributed by atoms with Crippen molar-refractivity contribution in [2.24, 2.45) is 0 Å². The van der Waals surface area contributed by atoms with Crippen molar-refractivity contribution in [3.05, 3.63) is 0 Å². The highest BCUT2D eigenvalue weighted by molar-refractivity contribution is 5.80.